The molecule has 268 valence electrons. The molecule has 0 heterocycles. The summed E-state index contributed by atoms with van der Waals surface area (Å²) in [6.07, 6.45) is -0.641. The van der Waals surface area contributed by atoms with E-state index in [9.17, 15) is 28.8 Å². The zero-order valence-electron chi connectivity index (χ0n) is 29.8. The van der Waals surface area contributed by atoms with Crippen molar-refractivity contribution in [3.63, 3.8) is 0 Å². The summed E-state index contributed by atoms with van der Waals surface area (Å²) in [4.78, 5) is 76.8. The highest BCUT2D eigenvalue weighted by molar-refractivity contribution is 5.89. The molecule has 1 saturated carbocycles. The van der Waals surface area contributed by atoms with Crippen molar-refractivity contribution in [2.45, 2.75) is 112 Å². The maximum absolute atomic E-state index is 13.5. The Labute approximate surface area is 287 Å². The van der Waals surface area contributed by atoms with E-state index >= 15 is 0 Å². The van der Waals surface area contributed by atoms with Gasteiger partial charge in [-0.3, -0.25) is 24.0 Å². The lowest BCUT2D eigenvalue weighted by molar-refractivity contribution is -0.196. The van der Waals surface area contributed by atoms with E-state index in [0.717, 1.165) is 0 Å². The average molecular weight is 685 g/mol. The number of hydrogen-bond acceptors (Lipinski definition) is 12. The van der Waals surface area contributed by atoms with E-state index in [1.807, 2.05) is 6.92 Å². The molecule has 1 aromatic rings. The number of rotatable bonds is 7. The van der Waals surface area contributed by atoms with Crippen molar-refractivity contribution in [3.05, 3.63) is 59.7 Å². The van der Waals surface area contributed by atoms with Crippen LogP contribution >= 0.6 is 0 Å². The van der Waals surface area contributed by atoms with Gasteiger partial charge in [0, 0.05) is 46.0 Å². The monoisotopic (exact) mass is 684 g/mol. The maximum atomic E-state index is 13.5. The summed E-state index contributed by atoms with van der Waals surface area (Å²) < 4.78 is 35.8. The molecule has 0 radical (unpaired) electrons. The van der Waals surface area contributed by atoms with Gasteiger partial charge in [-0.15, -0.1) is 0 Å². The summed E-state index contributed by atoms with van der Waals surface area (Å²) >= 11 is 0. The first-order chi connectivity index (χ1) is 22.8. The summed E-state index contributed by atoms with van der Waals surface area (Å²) in [6.45, 7) is 14.8. The molecule has 1 fully saturated rings. The molecule has 0 aliphatic heterocycles. The van der Waals surface area contributed by atoms with E-state index in [0.29, 0.717) is 11.1 Å². The summed E-state index contributed by atoms with van der Waals surface area (Å²) in [6, 6.07) is 8.37. The first kappa shape index (κ1) is 39.0. The highest BCUT2D eigenvalue weighted by Gasteiger charge is 2.62. The first-order valence-electron chi connectivity index (χ1n) is 16.3. The number of benzene rings is 1. The molecule has 0 saturated heterocycles. The van der Waals surface area contributed by atoms with Crippen molar-refractivity contribution >= 4 is 35.8 Å². The zero-order valence-corrected chi connectivity index (χ0v) is 29.8. The van der Waals surface area contributed by atoms with Gasteiger partial charge >= 0.3 is 35.8 Å². The van der Waals surface area contributed by atoms with Gasteiger partial charge in [0.2, 0.25) is 0 Å². The van der Waals surface area contributed by atoms with Crippen LogP contribution in [0.15, 0.2) is 54.1 Å². The molecule has 12 heteroatoms. The van der Waals surface area contributed by atoms with E-state index in [1.54, 1.807) is 76.3 Å². The van der Waals surface area contributed by atoms with Crippen molar-refractivity contribution in [1.29, 1.82) is 0 Å². The molecule has 0 bridgehead atoms. The predicted molar refractivity (Wildman–Crippen MR) is 175 cm³/mol. The van der Waals surface area contributed by atoms with Crippen LogP contribution in [0.1, 0.15) is 86.0 Å². The number of carbonyl (C=O) groups excluding carboxylic acids is 6. The normalized spacial score (nSPS) is 32.7. The topological polar surface area (TPSA) is 158 Å². The number of esters is 6. The van der Waals surface area contributed by atoms with E-state index in [4.69, 9.17) is 28.4 Å². The Morgan fingerprint density at radius 2 is 1.24 bits per heavy atom. The summed E-state index contributed by atoms with van der Waals surface area (Å²) in [7, 11) is 0. The molecule has 0 amide bonds. The maximum Gasteiger partial charge on any atom is 0.338 e. The molecule has 0 spiro atoms. The SMILES string of the molecule is CC(=O)O[C@H]1[C@H](OC(C)=O)/C(C)=C\[C@H]2[C@@H](OC(=O)c3ccccc3)[C@@H](C)C[C@]2(OC(C)=O)[C@@H](OC(C)=O)[C@@H](C)/C=C/C(C)(C)[C@@H]1OC(C)=O. The Balaban J connectivity index is 2.43. The molecule has 2 aliphatic carbocycles. The zero-order chi connectivity index (χ0) is 36.8. The number of carbonyl (C=O) groups is 6. The third-order valence-electron chi connectivity index (χ3n) is 8.90. The second-order valence-corrected chi connectivity index (χ2v) is 13.6. The second kappa shape index (κ2) is 15.8. The molecule has 0 N–H and O–H groups in total. The van der Waals surface area contributed by atoms with Gasteiger partial charge in [-0.25, -0.2) is 4.79 Å². The lowest BCUT2D eigenvalue weighted by Gasteiger charge is -2.44. The Morgan fingerprint density at radius 1 is 0.694 bits per heavy atom. The van der Waals surface area contributed by atoms with Crippen LogP contribution in [0.3, 0.4) is 0 Å². The smallest absolute Gasteiger partial charge is 0.338 e. The Kier molecular flexibility index (Phi) is 12.6. The molecule has 49 heavy (non-hydrogen) atoms. The van der Waals surface area contributed by atoms with Crippen LogP contribution in [-0.4, -0.2) is 71.9 Å². The molecule has 0 unspecified atom stereocenters. The van der Waals surface area contributed by atoms with Crippen molar-refractivity contribution in [3.8, 4) is 0 Å². The van der Waals surface area contributed by atoms with E-state index < -0.39 is 95.1 Å². The lowest BCUT2D eigenvalue weighted by atomic mass is 9.74. The quantitative estimate of drug-likeness (QED) is 0.214. The van der Waals surface area contributed by atoms with Crippen LogP contribution in [0.25, 0.3) is 0 Å². The Bertz CT molecular complexity index is 1480. The minimum absolute atomic E-state index is 0.120. The van der Waals surface area contributed by atoms with Crippen molar-refractivity contribution in [2.75, 3.05) is 0 Å². The third kappa shape index (κ3) is 9.36. The number of fused-ring (bicyclic) bond motifs is 1. The van der Waals surface area contributed by atoms with Gasteiger partial charge in [0.15, 0.2) is 23.9 Å². The van der Waals surface area contributed by atoms with Crippen molar-refractivity contribution in [2.24, 2.45) is 23.2 Å². The van der Waals surface area contributed by atoms with E-state index in [1.165, 1.54) is 34.6 Å². The van der Waals surface area contributed by atoms with Gasteiger partial charge in [-0.1, -0.05) is 64.1 Å². The number of ether oxygens (including phenoxy) is 6. The summed E-state index contributed by atoms with van der Waals surface area (Å²) in [5.74, 6) is -6.08. The van der Waals surface area contributed by atoms with Crippen molar-refractivity contribution in [1.82, 2.24) is 0 Å². The minimum atomic E-state index is -1.58. The molecule has 3 rings (SSSR count). The fourth-order valence-electron chi connectivity index (χ4n) is 7.02. The van der Waals surface area contributed by atoms with Gasteiger partial charge in [-0.2, -0.15) is 0 Å². The third-order valence-corrected chi connectivity index (χ3v) is 8.90. The second-order valence-electron chi connectivity index (χ2n) is 13.6. The lowest BCUT2D eigenvalue weighted by Crippen LogP contribution is -2.56. The fraction of sp³-hybridized carbons (Fsp3) is 0.568. The summed E-state index contributed by atoms with van der Waals surface area (Å²) in [5.41, 5.74) is -2.05. The first-order valence-corrected chi connectivity index (χ1v) is 16.3. The minimum Gasteiger partial charge on any atom is -0.458 e. The highest BCUT2D eigenvalue weighted by Crippen LogP contribution is 2.51. The van der Waals surface area contributed by atoms with Gasteiger partial charge in [-0.05, 0) is 37.0 Å². The van der Waals surface area contributed by atoms with Crippen molar-refractivity contribution < 1.29 is 57.2 Å². The number of hydrogen-bond donors (Lipinski definition) is 0. The Hall–Kier alpha value is -4.48. The standard InChI is InChI=1S/C37H48O12/c1-20-16-17-36(9,10)34(47-26(7)41)32(45-24(5)39)31(44-23(4)38)21(2)18-29-30(48-35(43)28-14-12-11-13-15-28)22(3)19-37(29,49-27(8)42)33(20)46-25(6)40/h11-18,20,22,29-34H,19H2,1-10H3/b17-16+,21-18-/t20-,22-,29-,30-,31+,32-,33-,34+,37+/m0/s1. The van der Waals surface area contributed by atoms with Gasteiger partial charge < -0.3 is 28.4 Å². The van der Waals surface area contributed by atoms with Gasteiger partial charge in [0.25, 0.3) is 0 Å². The highest BCUT2D eigenvalue weighted by atomic mass is 16.6. The molecular weight excluding hydrogens is 636 g/mol. The van der Waals surface area contributed by atoms with Crippen LogP contribution < -0.4 is 0 Å². The molecule has 12 nitrogen and oxygen atoms in total. The van der Waals surface area contributed by atoms with Gasteiger partial charge in [0.05, 0.1) is 11.5 Å². The molecule has 9 atom stereocenters. The van der Waals surface area contributed by atoms with Crippen LogP contribution in [0.4, 0.5) is 0 Å². The molecule has 1 aromatic carbocycles. The van der Waals surface area contributed by atoms with E-state index in [-0.39, 0.29) is 6.42 Å². The van der Waals surface area contributed by atoms with Crippen LogP contribution in [0.2, 0.25) is 0 Å². The molecular formula is C37H48O12. The fourth-order valence-corrected chi connectivity index (χ4v) is 7.02. The summed E-state index contributed by atoms with van der Waals surface area (Å²) in [5, 5.41) is 0. The molecule has 2 aliphatic rings. The van der Waals surface area contributed by atoms with Crippen LogP contribution in [0.5, 0.6) is 0 Å². The molecule has 0 aromatic heterocycles. The predicted octanol–water partition coefficient (Wildman–Crippen LogP) is 5.08. The van der Waals surface area contributed by atoms with Gasteiger partial charge in [0.1, 0.15) is 12.2 Å². The van der Waals surface area contributed by atoms with Crippen LogP contribution in [0, 0.1) is 23.2 Å². The van der Waals surface area contributed by atoms with E-state index in [2.05, 4.69) is 0 Å². The van der Waals surface area contributed by atoms with Crippen LogP contribution in [-0.2, 0) is 52.4 Å². The average Bonchev–Trinajstić information content (AvgIpc) is 3.23. The Morgan fingerprint density at radius 3 is 1.78 bits per heavy atom. The largest absolute Gasteiger partial charge is 0.458 e.